The fraction of sp³-hybridized carbons (Fsp3) is 0.636. The lowest BCUT2D eigenvalue weighted by Crippen LogP contribution is -2.30. The van der Waals surface area contributed by atoms with E-state index in [0.29, 0.717) is 5.92 Å². The lowest BCUT2D eigenvalue weighted by Gasteiger charge is -2.22. The molecule has 0 bridgehead atoms. The Hall–Kier alpha value is -2.09. The van der Waals surface area contributed by atoms with Crippen LogP contribution in [0.5, 0.6) is 0 Å². The van der Waals surface area contributed by atoms with Crippen LogP contribution in [0.2, 0.25) is 0 Å². The summed E-state index contributed by atoms with van der Waals surface area (Å²) in [5, 5.41) is 0. The fourth-order valence-corrected chi connectivity index (χ4v) is 4.98. The normalized spacial score (nSPS) is 15.9. The highest BCUT2D eigenvalue weighted by atomic mass is 32.3. The van der Waals surface area contributed by atoms with Crippen LogP contribution in [0.25, 0.3) is 4.13 Å². The van der Waals surface area contributed by atoms with Crippen molar-refractivity contribution in [2.24, 2.45) is 5.92 Å². The number of nitrogens with zero attached hydrogens (tertiary/aromatic N) is 3. The van der Waals surface area contributed by atoms with Gasteiger partial charge in [0.25, 0.3) is 10.1 Å². The van der Waals surface area contributed by atoms with Gasteiger partial charge in [0, 0.05) is 25.5 Å². The van der Waals surface area contributed by atoms with Crippen LogP contribution in [-0.2, 0) is 30.2 Å². The second-order valence-corrected chi connectivity index (χ2v) is 13.7. The van der Waals surface area contributed by atoms with Crippen molar-refractivity contribution in [3.05, 3.63) is 46.4 Å². The first kappa shape index (κ1) is 38.9. The Bertz CT molecular complexity index is 1260. The van der Waals surface area contributed by atoms with Crippen molar-refractivity contribution < 1.29 is 56.1 Å². The van der Waals surface area contributed by atoms with Gasteiger partial charge < -0.3 is 13.9 Å². The molecule has 0 saturated carbocycles. The molecular weight excluding hydrogens is 628 g/mol. The first-order chi connectivity index (χ1) is 18.4. The van der Waals surface area contributed by atoms with Gasteiger partial charge in [-0.15, -0.1) is 0 Å². The Labute approximate surface area is 237 Å². The summed E-state index contributed by atoms with van der Waals surface area (Å²) in [5.41, 5.74) is -11.3. The average Bonchev–Trinajstić information content (AvgIpc) is 3.29. The van der Waals surface area contributed by atoms with Gasteiger partial charge in [-0.3, -0.25) is 4.55 Å². The van der Waals surface area contributed by atoms with Crippen LogP contribution in [0, 0.1) is 5.92 Å². The number of hydrogen-bond acceptors (Lipinski definition) is 8. The van der Waals surface area contributed by atoms with Crippen LogP contribution in [-0.4, -0.2) is 70.4 Å². The molecule has 0 spiro atoms. The first-order valence-corrected chi connectivity index (χ1v) is 16.3. The van der Waals surface area contributed by atoms with E-state index in [1.807, 2.05) is 0 Å². The molecule has 0 aromatic heterocycles. The summed E-state index contributed by atoms with van der Waals surface area (Å²) >= 11 is 0. The maximum Gasteiger partial charge on any atom is 0.480 e. The van der Waals surface area contributed by atoms with E-state index in [-0.39, 0.29) is 4.90 Å². The first-order valence-electron chi connectivity index (χ1n) is 12.0. The number of halogens is 6. The molecule has 1 aromatic rings. The third kappa shape index (κ3) is 13.2. The zero-order chi connectivity index (χ0) is 32.4. The van der Waals surface area contributed by atoms with Crippen LogP contribution in [0.3, 0.4) is 0 Å². The second kappa shape index (κ2) is 15.4. The van der Waals surface area contributed by atoms with E-state index < -0.39 is 41.2 Å². The van der Waals surface area contributed by atoms with Gasteiger partial charge in [0.05, 0.1) is 11.6 Å². The number of rotatable bonds is 9. The van der Waals surface area contributed by atoms with Crippen molar-refractivity contribution in [2.45, 2.75) is 69.3 Å². The molecule has 1 N–H and O–H groups in total. The molecule has 2 rings (SSSR count). The summed E-state index contributed by atoms with van der Waals surface area (Å²) in [6.45, 7) is 14.3. The molecule has 0 aliphatic carbocycles. The third-order valence-corrected chi connectivity index (χ3v) is 9.25. The van der Waals surface area contributed by atoms with E-state index in [2.05, 4.69) is 56.8 Å². The van der Waals surface area contributed by atoms with Gasteiger partial charge in [-0.1, -0.05) is 46.2 Å². The minimum absolute atomic E-state index is 0.0513. The van der Waals surface area contributed by atoms with Crippen LogP contribution in [0.4, 0.5) is 26.3 Å². The van der Waals surface area contributed by atoms with Gasteiger partial charge >= 0.3 is 11.0 Å². The summed E-state index contributed by atoms with van der Waals surface area (Å²) in [5.74, 6) is 1.22. The zero-order valence-corrected chi connectivity index (χ0v) is 25.3. The van der Waals surface area contributed by atoms with Crippen molar-refractivity contribution in [1.29, 1.82) is 0 Å². The quantitative estimate of drug-likeness (QED) is 0.264. The summed E-state index contributed by atoms with van der Waals surface area (Å²) < 4.78 is 139. The van der Waals surface area contributed by atoms with Crippen molar-refractivity contribution in [3.8, 4) is 0 Å². The van der Waals surface area contributed by atoms with Crippen LogP contribution in [0.15, 0.2) is 41.6 Å². The average molecular weight is 663 g/mol. The summed E-state index contributed by atoms with van der Waals surface area (Å²) in [4.78, 5) is 4.66. The minimum Gasteiger partial charge on any atom is -0.421 e. The highest BCUT2D eigenvalue weighted by Crippen LogP contribution is 2.36. The van der Waals surface area contributed by atoms with E-state index in [1.54, 1.807) is 12.1 Å². The van der Waals surface area contributed by atoms with E-state index in [1.165, 1.54) is 25.1 Å². The van der Waals surface area contributed by atoms with Gasteiger partial charge in [0.15, 0.2) is 20.0 Å². The standard InChI is InChI=1S/C10H20N2.C10H14O3S.C2F6NO4S2/c1-4-10(3)8-12-7-6-11(5-2)9-12;1-3-8(2)9-4-6-10(7-5-9)14(11,12)13;3-1(4,5)14(10,11)9-15(12,13)2(6,7)8/h6-7,10H,4-5,8-9H2,1-3H3;4-8H,3H2,1-2H3,(H,11,12,13);/q;;-1. The van der Waals surface area contributed by atoms with Crippen LogP contribution in [0.1, 0.15) is 58.9 Å². The van der Waals surface area contributed by atoms with Gasteiger partial charge in [-0.2, -0.15) is 34.8 Å². The Balaban J connectivity index is 0.000000588. The summed E-state index contributed by atoms with van der Waals surface area (Å²) in [7, 11) is -17.5. The number of hydrogen-bond donors (Lipinski definition) is 1. The molecule has 240 valence electrons. The molecule has 1 aromatic carbocycles. The Morgan fingerprint density at radius 3 is 1.56 bits per heavy atom. The molecule has 41 heavy (non-hydrogen) atoms. The molecule has 1 aliphatic heterocycles. The van der Waals surface area contributed by atoms with E-state index in [4.69, 9.17) is 4.55 Å². The number of benzene rings is 1. The largest absolute Gasteiger partial charge is 0.480 e. The molecule has 2 atom stereocenters. The molecule has 1 aliphatic rings. The molecule has 0 amide bonds. The maximum absolute atomic E-state index is 11.4. The highest BCUT2D eigenvalue weighted by Gasteiger charge is 2.46. The van der Waals surface area contributed by atoms with Crippen molar-refractivity contribution >= 4 is 30.2 Å². The third-order valence-electron chi connectivity index (χ3n) is 5.64. The van der Waals surface area contributed by atoms with E-state index in [0.717, 1.165) is 35.2 Å². The molecule has 19 heteroatoms. The molecule has 1 heterocycles. The molecule has 0 saturated heterocycles. The minimum atomic E-state index is -6.72. The molecule has 2 unspecified atom stereocenters. The summed E-state index contributed by atoms with van der Waals surface area (Å²) in [6, 6.07) is 6.32. The van der Waals surface area contributed by atoms with Gasteiger partial charge in [0.2, 0.25) is 0 Å². The lowest BCUT2D eigenvalue weighted by atomic mass is 9.99. The SMILES string of the molecule is CCC(C)CN1C=CN(CC)C1.CCC(C)c1ccc(S(=O)(=O)O)cc1.O=S(=O)([N-]S(=O)(=O)C(F)(F)F)C(F)(F)F. The second-order valence-electron chi connectivity index (χ2n) is 8.90. The number of sulfonamides is 2. The molecule has 10 nitrogen and oxygen atoms in total. The topological polar surface area (TPSA) is 143 Å². The predicted molar refractivity (Wildman–Crippen MR) is 141 cm³/mol. The zero-order valence-electron chi connectivity index (χ0n) is 22.9. The summed E-state index contributed by atoms with van der Waals surface area (Å²) in [6.07, 6.45) is 6.67. The van der Waals surface area contributed by atoms with E-state index >= 15 is 0 Å². The van der Waals surface area contributed by atoms with Crippen molar-refractivity contribution in [3.63, 3.8) is 0 Å². The van der Waals surface area contributed by atoms with Crippen LogP contribution >= 0.6 is 0 Å². The Kier molecular flexibility index (Phi) is 14.6. The highest BCUT2D eigenvalue weighted by molar-refractivity contribution is 8.13. The van der Waals surface area contributed by atoms with Gasteiger partial charge in [-0.05, 0) is 42.9 Å². The van der Waals surface area contributed by atoms with Gasteiger partial charge in [0.1, 0.15) is 0 Å². The monoisotopic (exact) mass is 662 g/mol. The van der Waals surface area contributed by atoms with Crippen LogP contribution < -0.4 is 0 Å². The van der Waals surface area contributed by atoms with E-state index in [9.17, 15) is 51.6 Å². The Morgan fingerprint density at radius 2 is 1.24 bits per heavy atom. The molecule has 0 radical (unpaired) electrons. The number of alkyl halides is 6. The maximum atomic E-state index is 11.4. The predicted octanol–water partition coefficient (Wildman–Crippen LogP) is 5.60. The van der Waals surface area contributed by atoms with Crippen molar-refractivity contribution in [2.75, 3.05) is 19.8 Å². The molecule has 0 fully saturated rings. The van der Waals surface area contributed by atoms with Crippen molar-refractivity contribution in [1.82, 2.24) is 9.80 Å². The van der Waals surface area contributed by atoms with Gasteiger partial charge in [-0.25, -0.2) is 16.8 Å². The molecular formula is C22H34F6N3O7S3-. The Morgan fingerprint density at radius 1 is 0.805 bits per heavy atom. The fourth-order valence-electron chi connectivity index (χ4n) is 2.79. The smallest absolute Gasteiger partial charge is 0.421 e. The lowest BCUT2D eigenvalue weighted by molar-refractivity contribution is -0.0444.